The van der Waals surface area contributed by atoms with E-state index in [2.05, 4.69) is 12.2 Å². The van der Waals surface area contributed by atoms with Crippen LogP contribution in [0.25, 0.3) is 0 Å². The SMILES string of the molecule is CCC1CCCC(C2CCCNC2=O)C1. The molecule has 3 unspecified atom stereocenters. The molecule has 3 atom stereocenters. The van der Waals surface area contributed by atoms with Crippen LogP contribution in [0.15, 0.2) is 0 Å². The van der Waals surface area contributed by atoms with E-state index in [-0.39, 0.29) is 0 Å². The number of nitrogens with one attached hydrogen (secondary N) is 1. The molecule has 1 N–H and O–H groups in total. The fourth-order valence-corrected chi connectivity index (χ4v) is 3.31. The van der Waals surface area contributed by atoms with Crippen molar-refractivity contribution >= 4 is 5.91 Å². The van der Waals surface area contributed by atoms with Gasteiger partial charge < -0.3 is 5.32 Å². The van der Waals surface area contributed by atoms with Gasteiger partial charge in [0, 0.05) is 12.5 Å². The Morgan fingerprint density at radius 2 is 2.13 bits per heavy atom. The Bertz CT molecular complexity index is 227. The third kappa shape index (κ3) is 2.53. The Balaban J connectivity index is 1.93. The van der Waals surface area contributed by atoms with Crippen LogP contribution in [0.5, 0.6) is 0 Å². The van der Waals surface area contributed by atoms with Gasteiger partial charge in [0.05, 0.1) is 0 Å². The minimum atomic E-state index is 0.336. The van der Waals surface area contributed by atoms with Crippen LogP contribution in [0.4, 0.5) is 0 Å². The molecule has 0 radical (unpaired) electrons. The van der Waals surface area contributed by atoms with E-state index in [1.807, 2.05) is 0 Å². The Kier molecular flexibility index (Phi) is 3.66. The quantitative estimate of drug-likeness (QED) is 0.744. The molecular weight excluding hydrogens is 186 g/mol. The van der Waals surface area contributed by atoms with E-state index in [1.165, 1.54) is 38.5 Å². The summed E-state index contributed by atoms with van der Waals surface area (Å²) in [7, 11) is 0. The summed E-state index contributed by atoms with van der Waals surface area (Å²) in [6.45, 7) is 3.19. The number of carbonyl (C=O) groups is 1. The number of amides is 1. The van der Waals surface area contributed by atoms with E-state index in [9.17, 15) is 4.79 Å². The van der Waals surface area contributed by atoms with Crippen molar-refractivity contribution in [3.8, 4) is 0 Å². The highest BCUT2D eigenvalue weighted by Crippen LogP contribution is 2.37. The van der Waals surface area contributed by atoms with Crippen LogP contribution in [0.1, 0.15) is 51.9 Å². The molecule has 0 aromatic heterocycles. The minimum absolute atomic E-state index is 0.336. The van der Waals surface area contributed by atoms with Gasteiger partial charge in [-0.05, 0) is 37.5 Å². The summed E-state index contributed by atoms with van der Waals surface area (Å²) < 4.78 is 0. The van der Waals surface area contributed by atoms with Crippen molar-refractivity contribution in [1.29, 1.82) is 0 Å². The summed E-state index contributed by atoms with van der Waals surface area (Å²) in [6, 6.07) is 0. The Morgan fingerprint density at radius 3 is 2.87 bits per heavy atom. The fraction of sp³-hybridized carbons (Fsp3) is 0.923. The molecule has 1 heterocycles. The standard InChI is InChI=1S/C13H23NO/c1-2-10-5-3-6-11(9-10)12-7-4-8-14-13(12)15/h10-12H,2-9H2,1H3,(H,14,15). The summed E-state index contributed by atoms with van der Waals surface area (Å²) in [6.07, 6.45) is 8.93. The zero-order valence-electron chi connectivity index (χ0n) is 9.80. The zero-order valence-corrected chi connectivity index (χ0v) is 9.80. The van der Waals surface area contributed by atoms with Crippen LogP contribution in [0, 0.1) is 17.8 Å². The predicted octanol–water partition coefficient (Wildman–Crippen LogP) is 2.73. The van der Waals surface area contributed by atoms with Gasteiger partial charge in [-0.3, -0.25) is 4.79 Å². The van der Waals surface area contributed by atoms with Crippen molar-refractivity contribution in [1.82, 2.24) is 5.32 Å². The molecular formula is C13H23NO. The number of hydrogen-bond donors (Lipinski definition) is 1. The molecule has 1 amide bonds. The molecule has 1 aliphatic heterocycles. The molecule has 0 aromatic carbocycles. The van der Waals surface area contributed by atoms with Crippen LogP contribution in [-0.2, 0) is 4.79 Å². The van der Waals surface area contributed by atoms with Crippen LogP contribution < -0.4 is 5.32 Å². The van der Waals surface area contributed by atoms with Crippen molar-refractivity contribution in [3.63, 3.8) is 0 Å². The molecule has 1 saturated heterocycles. The molecule has 2 rings (SSSR count). The summed E-state index contributed by atoms with van der Waals surface area (Å²) in [4.78, 5) is 11.8. The van der Waals surface area contributed by atoms with E-state index in [0.29, 0.717) is 17.7 Å². The second-order valence-corrected chi connectivity index (χ2v) is 5.24. The van der Waals surface area contributed by atoms with Gasteiger partial charge in [-0.25, -0.2) is 0 Å². The second kappa shape index (κ2) is 5.00. The lowest BCUT2D eigenvalue weighted by Crippen LogP contribution is -2.41. The van der Waals surface area contributed by atoms with Crippen molar-refractivity contribution < 1.29 is 4.79 Å². The van der Waals surface area contributed by atoms with E-state index in [0.717, 1.165) is 18.9 Å². The largest absolute Gasteiger partial charge is 0.356 e. The maximum absolute atomic E-state index is 11.8. The zero-order chi connectivity index (χ0) is 10.7. The predicted molar refractivity (Wildman–Crippen MR) is 61.5 cm³/mol. The fourth-order valence-electron chi connectivity index (χ4n) is 3.31. The molecule has 2 fully saturated rings. The number of hydrogen-bond acceptors (Lipinski definition) is 1. The third-order valence-corrected chi connectivity index (χ3v) is 4.30. The summed E-state index contributed by atoms with van der Waals surface area (Å²) in [5, 5.41) is 3.02. The summed E-state index contributed by atoms with van der Waals surface area (Å²) in [5.41, 5.74) is 0. The van der Waals surface area contributed by atoms with E-state index < -0.39 is 0 Å². The van der Waals surface area contributed by atoms with Crippen LogP contribution in [0.3, 0.4) is 0 Å². The normalized spacial score (nSPS) is 37.4. The monoisotopic (exact) mass is 209 g/mol. The molecule has 0 spiro atoms. The van der Waals surface area contributed by atoms with Crippen molar-refractivity contribution in [2.45, 2.75) is 51.9 Å². The van der Waals surface area contributed by atoms with Gasteiger partial charge >= 0.3 is 0 Å². The first kappa shape index (κ1) is 11.0. The first-order valence-corrected chi connectivity index (χ1v) is 6.59. The van der Waals surface area contributed by atoms with E-state index in [4.69, 9.17) is 0 Å². The highest BCUT2D eigenvalue weighted by Gasteiger charge is 2.33. The minimum Gasteiger partial charge on any atom is -0.356 e. The topological polar surface area (TPSA) is 29.1 Å². The smallest absolute Gasteiger partial charge is 0.223 e. The van der Waals surface area contributed by atoms with Crippen molar-refractivity contribution in [3.05, 3.63) is 0 Å². The van der Waals surface area contributed by atoms with Gasteiger partial charge in [-0.2, -0.15) is 0 Å². The Labute approximate surface area is 92.8 Å². The lowest BCUT2D eigenvalue weighted by atomic mass is 9.72. The second-order valence-electron chi connectivity index (χ2n) is 5.24. The average molecular weight is 209 g/mol. The van der Waals surface area contributed by atoms with Gasteiger partial charge in [0.1, 0.15) is 0 Å². The third-order valence-electron chi connectivity index (χ3n) is 4.30. The first-order chi connectivity index (χ1) is 7.31. The highest BCUT2D eigenvalue weighted by molar-refractivity contribution is 5.79. The summed E-state index contributed by atoms with van der Waals surface area (Å²) >= 11 is 0. The van der Waals surface area contributed by atoms with Crippen molar-refractivity contribution in [2.75, 3.05) is 6.54 Å². The lowest BCUT2D eigenvalue weighted by Gasteiger charge is -2.35. The molecule has 0 aromatic rings. The first-order valence-electron chi connectivity index (χ1n) is 6.59. The van der Waals surface area contributed by atoms with Crippen LogP contribution >= 0.6 is 0 Å². The molecule has 2 aliphatic rings. The Hall–Kier alpha value is -0.530. The van der Waals surface area contributed by atoms with Crippen molar-refractivity contribution in [2.24, 2.45) is 17.8 Å². The molecule has 1 aliphatic carbocycles. The van der Waals surface area contributed by atoms with Gasteiger partial charge in [0.15, 0.2) is 0 Å². The maximum Gasteiger partial charge on any atom is 0.223 e. The van der Waals surface area contributed by atoms with Crippen LogP contribution in [0.2, 0.25) is 0 Å². The summed E-state index contributed by atoms with van der Waals surface area (Å²) in [5.74, 6) is 2.25. The number of rotatable bonds is 2. The number of carbonyl (C=O) groups excluding carboxylic acids is 1. The molecule has 1 saturated carbocycles. The molecule has 86 valence electrons. The molecule has 15 heavy (non-hydrogen) atoms. The van der Waals surface area contributed by atoms with Gasteiger partial charge in [-0.15, -0.1) is 0 Å². The average Bonchev–Trinajstić information content (AvgIpc) is 2.30. The Morgan fingerprint density at radius 1 is 1.27 bits per heavy atom. The number of piperidine rings is 1. The maximum atomic E-state index is 11.8. The van der Waals surface area contributed by atoms with Gasteiger partial charge in [-0.1, -0.05) is 26.2 Å². The van der Waals surface area contributed by atoms with Gasteiger partial charge in [0.25, 0.3) is 0 Å². The van der Waals surface area contributed by atoms with Crippen LogP contribution in [-0.4, -0.2) is 12.5 Å². The van der Waals surface area contributed by atoms with E-state index >= 15 is 0 Å². The highest BCUT2D eigenvalue weighted by atomic mass is 16.1. The van der Waals surface area contributed by atoms with Gasteiger partial charge in [0.2, 0.25) is 5.91 Å². The molecule has 2 heteroatoms. The molecule has 0 bridgehead atoms. The van der Waals surface area contributed by atoms with E-state index in [1.54, 1.807) is 0 Å². The molecule has 2 nitrogen and oxygen atoms in total. The lowest BCUT2D eigenvalue weighted by molar-refractivity contribution is -0.129.